The summed E-state index contributed by atoms with van der Waals surface area (Å²) in [6.45, 7) is 1.68. The molecular formula is C13H20N4O. The number of hydrogen-bond donors (Lipinski definition) is 2. The largest absolute Gasteiger partial charge is 0.356 e. The number of amides is 1. The van der Waals surface area contributed by atoms with Crippen LogP contribution in [0.3, 0.4) is 0 Å². The van der Waals surface area contributed by atoms with Gasteiger partial charge in [-0.2, -0.15) is 0 Å². The number of aromatic nitrogens is 2. The van der Waals surface area contributed by atoms with E-state index in [2.05, 4.69) is 10.3 Å². The van der Waals surface area contributed by atoms with Crippen molar-refractivity contribution in [3.8, 4) is 0 Å². The van der Waals surface area contributed by atoms with Crippen molar-refractivity contribution in [2.24, 2.45) is 11.7 Å². The second kappa shape index (κ2) is 6.35. The van der Waals surface area contributed by atoms with Gasteiger partial charge in [-0.1, -0.05) is 12.2 Å². The van der Waals surface area contributed by atoms with Crippen molar-refractivity contribution in [3.63, 3.8) is 0 Å². The summed E-state index contributed by atoms with van der Waals surface area (Å²) in [4.78, 5) is 15.7. The number of carbonyl (C=O) groups excluding carboxylic acids is 1. The van der Waals surface area contributed by atoms with Gasteiger partial charge in [0.05, 0.1) is 12.2 Å². The number of unbranched alkanes of at least 4 members (excludes halogenated alkanes) is 1. The highest BCUT2D eigenvalue weighted by Gasteiger charge is 2.21. The van der Waals surface area contributed by atoms with Gasteiger partial charge < -0.3 is 15.6 Å². The summed E-state index contributed by atoms with van der Waals surface area (Å²) in [5, 5.41) is 2.95. The molecule has 0 saturated carbocycles. The summed E-state index contributed by atoms with van der Waals surface area (Å²) in [7, 11) is 0. The van der Waals surface area contributed by atoms with Crippen molar-refractivity contribution in [1.82, 2.24) is 14.9 Å². The summed E-state index contributed by atoms with van der Waals surface area (Å²) >= 11 is 0. The minimum atomic E-state index is -0.0337. The third-order valence-corrected chi connectivity index (χ3v) is 3.15. The number of nitrogens with zero attached hydrogens (tertiary/aromatic N) is 2. The first-order valence-electron chi connectivity index (χ1n) is 6.43. The van der Waals surface area contributed by atoms with Crippen LogP contribution in [0.2, 0.25) is 0 Å². The summed E-state index contributed by atoms with van der Waals surface area (Å²) in [5.74, 6) is 0.0653. The minimum absolute atomic E-state index is 0.0337. The van der Waals surface area contributed by atoms with Gasteiger partial charge >= 0.3 is 0 Å². The van der Waals surface area contributed by atoms with E-state index in [4.69, 9.17) is 5.73 Å². The van der Waals surface area contributed by atoms with Crippen molar-refractivity contribution in [2.75, 3.05) is 6.54 Å². The molecule has 0 bridgehead atoms. The first-order chi connectivity index (χ1) is 8.75. The average molecular weight is 248 g/mol. The quantitative estimate of drug-likeness (QED) is 0.574. The van der Waals surface area contributed by atoms with Crippen LogP contribution in [0.1, 0.15) is 19.3 Å². The second-order valence-corrected chi connectivity index (χ2v) is 4.69. The van der Waals surface area contributed by atoms with Gasteiger partial charge in [0.2, 0.25) is 5.91 Å². The maximum atomic E-state index is 11.7. The molecule has 0 spiro atoms. The highest BCUT2D eigenvalue weighted by molar-refractivity contribution is 5.81. The van der Waals surface area contributed by atoms with Crippen LogP contribution in [0.15, 0.2) is 30.9 Å². The predicted octanol–water partition coefficient (Wildman–Crippen LogP) is 0.683. The van der Waals surface area contributed by atoms with Crippen LogP contribution in [-0.4, -0.2) is 28.0 Å². The molecule has 1 aromatic heterocycles. The first kappa shape index (κ1) is 12.8. The van der Waals surface area contributed by atoms with Crippen molar-refractivity contribution >= 4 is 5.91 Å². The highest BCUT2D eigenvalue weighted by Crippen LogP contribution is 2.16. The molecule has 0 aliphatic heterocycles. The van der Waals surface area contributed by atoms with Crippen LogP contribution in [0.25, 0.3) is 0 Å². The Labute approximate surface area is 107 Å². The van der Waals surface area contributed by atoms with Crippen LogP contribution in [0.4, 0.5) is 0 Å². The Bertz CT molecular complexity index is 399. The fraction of sp³-hybridized carbons (Fsp3) is 0.538. The molecule has 0 fully saturated rings. The van der Waals surface area contributed by atoms with Crippen molar-refractivity contribution < 1.29 is 4.79 Å². The zero-order valence-corrected chi connectivity index (χ0v) is 10.5. The van der Waals surface area contributed by atoms with E-state index in [0.29, 0.717) is 0 Å². The summed E-state index contributed by atoms with van der Waals surface area (Å²) in [6, 6.07) is 0.0435. The Morgan fingerprint density at radius 3 is 3.00 bits per heavy atom. The molecule has 5 nitrogen and oxygen atoms in total. The van der Waals surface area contributed by atoms with Crippen molar-refractivity contribution in [2.45, 2.75) is 31.8 Å². The van der Waals surface area contributed by atoms with Gasteiger partial charge in [-0.15, -0.1) is 0 Å². The molecule has 2 atom stereocenters. The van der Waals surface area contributed by atoms with Gasteiger partial charge in [-0.25, -0.2) is 4.98 Å². The van der Waals surface area contributed by atoms with E-state index in [1.165, 1.54) is 0 Å². The molecule has 0 radical (unpaired) electrons. The molecule has 18 heavy (non-hydrogen) atoms. The maximum Gasteiger partial charge on any atom is 0.226 e. The molecule has 1 aliphatic carbocycles. The number of rotatable bonds is 6. The van der Waals surface area contributed by atoms with Gasteiger partial charge in [0.15, 0.2) is 0 Å². The van der Waals surface area contributed by atoms with Gasteiger partial charge in [0.1, 0.15) is 0 Å². The Balaban J connectivity index is 1.55. The Kier molecular flexibility index (Phi) is 4.52. The number of nitrogens with two attached hydrogens (primary N) is 1. The molecule has 1 heterocycles. The molecule has 1 aliphatic rings. The van der Waals surface area contributed by atoms with Gasteiger partial charge in [0.25, 0.3) is 0 Å². The lowest BCUT2D eigenvalue weighted by molar-refractivity contribution is -0.123. The zero-order chi connectivity index (χ0) is 12.8. The lowest BCUT2D eigenvalue weighted by Crippen LogP contribution is -2.31. The van der Waals surface area contributed by atoms with Crippen LogP contribution < -0.4 is 11.1 Å². The molecule has 98 valence electrons. The fourth-order valence-corrected chi connectivity index (χ4v) is 2.10. The van der Waals surface area contributed by atoms with E-state index < -0.39 is 0 Å². The highest BCUT2D eigenvalue weighted by atomic mass is 16.1. The van der Waals surface area contributed by atoms with Gasteiger partial charge in [-0.05, 0) is 19.3 Å². The summed E-state index contributed by atoms with van der Waals surface area (Å²) in [6.07, 6.45) is 12.1. The van der Waals surface area contributed by atoms with E-state index in [-0.39, 0.29) is 17.9 Å². The molecule has 2 rings (SSSR count). The van der Waals surface area contributed by atoms with E-state index in [1.54, 1.807) is 6.20 Å². The molecule has 0 saturated heterocycles. The average Bonchev–Trinajstić information content (AvgIpc) is 2.99. The van der Waals surface area contributed by atoms with E-state index in [0.717, 1.165) is 32.4 Å². The molecule has 0 aromatic carbocycles. The lowest BCUT2D eigenvalue weighted by atomic mass is 10.1. The minimum Gasteiger partial charge on any atom is -0.356 e. The Morgan fingerprint density at radius 2 is 2.33 bits per heavy atom. The second-order valence-electron chi connectivity index (χ2n) is 4.69. The topological polar surface area (TPSA) is 72.9 Å². The number of carbonyl (C=O) groups is 1. The third kappa shape index (κ3) is 3.70. The predicted molar refractivity (Wildman–Crippen MR) is 69.7 cm³/mol. The molecule has 2 unspecified atom stereocenters. The van der Waals surface area contributed by atoms with Crippen LogP contribution >= 0.6 is 0 Å². The van der Waals surface area contributed by atoms with Crippen molar-refractivity contribution in [3.05, 3.63) is 30.9 Å². The normalized spacial score (nSPS) is 22.3. The summed E-state index contributed by atoms with van der Waals surface area (Å²) < 4.78 is 2.04. The number of hydrogen-bond acceptors (Lipinski definition) is 3. The smallest absolute Gasteiger partial charge is 0.226 e. The molecule has 1 amide bonds. The van der Waals surface area contributed by atoms with E-state index in [9.17, 15) is 4.79 Å². The summed E-state index contributed by atoms with van der Waals surface area (Å²) in [5.41, 5.74) is 5.72. The van der Waals surface area contributed by atoms with E-state index >= 15 is 0 Å². The monoisotopic (exact) mass is 248 g/mol. The third-order valence-electron chi connectivity index (χ3n) is 3.15. The standard InChI is InChI=1S/C13H20N4O/c14-12-4-3-11(9-12)13(18)16-5-1-2-7-17-8-6-15-10-17/h3-4,6,8,10-12H,1-2,5,7,9,14H2,(H,16,18). The van der Waals surface area contributed by atoms with Gasteiger partial charge in [-0.3, -0.25) is 4.79 Å². The lowest BCUT2D eigenvalue weighted by Gasteiger charge is -2.10. The van der Waals surface area contributed by atoms with E-state index in [1.807, 2.05) is 29.2 Å². The number of imidazole rings is 1. The number of nitrogens with one attached hydrogen (secondary N) is 1. The SMILES string of the molecule is NC1C=CC(C(=O)NCCCCn2ccnc2)C1. The maximum absolute atomic E-state index is 11.7. The Morgan fingerprint density at radius 1 is 1.44 bits per heavy atom. The Hall–Kier alpha value is -1.62. The molecule has 5 heteroatoms. The van der Waals surface area contributed by atoms with Crippen LogP contribution in [-0.2, 0) is 11.3 Å². The molecule has 1 aromatic rings. The number of aryl methyl sites for hydroxylation is 1. The zero-order valence-electron chi connectivity index (χ0n) is 10.5. The molecular weight excluding hydrogens is 228 g/mol. The van der Waals surface area contributed by atoms with Gasteiger partial charge in [0, 0.05) is 31.5 Å². The van der Waals surface area contributed by atoms with Crippen LogP contribution in [0.5, 0.6) is 0 Å². The fourth-order valence-electron chi connectivity index (χ4n) is 2.10. The molecule has 3 N–H and O–H groups in total. The van der Waals surface area contributed by atoms with Crippen molar-refractivity contribution in [1.29, 1.82) is 0 Å². The first-order valence-corrected chi connectivity index (χ1v) is 6.43. The van der Waals surface area contributed by atoms with Crippen LogP contribution in [0, 0.1) is 5.92 Å².